The van der Waals surface area contributed by atoms with Crippen LogP contribution in [0.15, 0.2) is 0 Å². The Morgan fingerprint density at radius 2 is 1.83 bits per heavy atom. The predicted molar refractivity (Wildman–Crippen MR) is 111 cm³/mol. The first kappa shape index (κ1) is 21.8. The minimum atomic E-state index is -0.508. The van der Waals surface area contributed by atoms with E-state index in [1.165, 1.54) is 6.42 Å². The van der Waals surface area contributed by atoms with Crippen LogP contribution in [-0.2, 0) is 4.74 Å². The molecule has 0 N–H and O–H groups in total. The fourth-order valence-electron chi connectivity index (χ4n) is 3.71. The van der Waals surface area contributed by atoms with E-state index < -0.39 is 5.60 Å². The molecule has 1 aromatic heterocycles. The molecule has 1 aromatic rings. The highest BCUT2D eigenvalue weighted by molar-refractivity contribution is 6.28. The third-order valence-electron chi connectivity index (χ3n) is 5.20. The Morgan fingerprint density at radius 1 is 1.14 bits per heavy atom. The minimum absolute atomic E-state index is 0.0437. The average Bonchev–Trinajstić information content (AvgIpc) is 3.06. The van der Waals surface area contributed by atoms with Crippen LogP contribution in [0.3, 0.4) is 0 Å². The maximum absolute atomic E-state index is 12.2. The van der Waals surface area contributed by atoms with Gasteiger partial charge in [-0.15, -0.1) is 0 Å². The van der Waals surface area contributed by atoms with Crippen LogP contribution in [0.5, 0.6) is 6.01 Å². The molecule has 0 saturated carbocycles. The molecule has 0 unspecified atom stereocenters. The maximum Gasteiger partial charge on any atom is 0.410 e. The summed E-state index contributed by atoms with van der Waals surface area (Å²) in [5.74, 6) is 0.468. The second kappa shape index (κ2) is 8.87. The van der Waals surface area contributed by atoms with Crippen molar-refractivity contribution < 1.29 is 14.3 Å². The highest BCUT2D eigenvalue weighted by atomic mass is 35.5. The number of piperazine rings is 1. The number of amides is 1. The largest absolute Gasteiger partial charge is 0.459 e. The van der Waals surface area contributed by atoms with Crippen LogP contribution in [0, 0.1) is 0 Å². The third kappa shape index (κ3) is 5.82. The smallest absolute Gasteiger partial charge is 0.410 e. The van der Waals surface area contributed by atoms with E-state index in [2.05, 4.69) is 26.9 Å². The lowest BCUT2D eigenvalue weighted by atomic mass is 10.1. The summed E-state index contributed by atoms with van der Waals surface area (Å²) in [6.45, 7) is 10.9. The van der Waals surface area contributed by atoms with Gasteiger partial charge in [0.05, 0.1) is 0 Å². The van der Waals surface area contributed by atoms with Gasteiger partial charge >= 0.3 is 12.1 Å². The first-order chi connectivity index (χ1) is 13.6. The van der Waals surface area contributed by atoms with Gasteiger partial charge in [0.15, 0.2) is 0 Å². The molecule has 10 heteroatoms. The summed E-state index contributed by atoms with van der Waals surface area (Å²) in [4.78, 5) is 31.1. The maximum atomic E-state index is 12.2. The number of ether oxygens (including phenoxy) is 2. The molecule has 1 amide bonds. The molecular formula is C19H31ClN6O3. The van der Waals surface area contributed by atoms with Crippen molar-refractivity contribution in [1.29, 1.82) is 0 Å². The number of halogens is 1. The van der Waals surface area contributed by atoms with E-state index in [1.54, 1.807) is 4.90 Å². The van der Waals surface area contributed by atoms with Crippen molar-refractivity contribution in [3.63, 3.8) is 0 Å². The second-order valence-corrected chi connectivity index (χ2v) is 8.99. The zero-order chi connectivity index (χ0) is 21.2. The van der Waals surface area contributed by atoms with Gasteiger partial charge in [-0.3, -0.25) is 4.90 Å². The summed E-state index contributed by atoms with van der Waals surface area (Å²) >= 11 is 6.13. The van der Waals surface area contributed by atoms with E-state index in [-0.39, 0.29) is 23.5 Å². The van der Waals surface area contributed by atoms with Crippen LogP contribution in [0.2, 0.25) is 5.28 Å². The van der Waals surface area contributed by atoms with Crippen molar-refractivity contribution in [1.82, 2.24) is 24.8 Å². The van der Waals surface area contributed by atoms with Crippen molar-refractivity contribution in [2.75, 3.05) is 44.7 Å². The van der Waals surface area contributed by atoms with Gasteiger partial charge in [0.1, 0.15) is 11.7 Å². The Hall–Kier alpha value is -1.87. The number of hydrogen-bond donors (Lipinski definition) is 0. The van der Waals surface area contributed by atoms with Gasteiger partial charge in [-0.25, -0.2) is 4.79 Å². The quantitative estimate of drug-likeness (QED) is 0.725. The van der Waals surface area contributed by atoms with Gasteiger partial charge in [0.2, 0.25) is 11.2 Å². The average molecular weight is 427 g/mol. The number of carbonyl (C=O) groups excluding carboxylic acids is 1. The number of carbonyl (C=O) groups is 1. The lowest BCUT2D eigenvalue weighted by Gasteiger charge is -2.35. The van der Waals surface area contributed by atoms with Crippen molar-refractivity contribution in [3.8, 4) is 6.01 Å². The molecule has 2 saturated heterocycles. The van der Waals surface area contributed by atoms with Crippen molar-refractivity contribution in [3.05, 3.63) is 5.28 Å². The van der Waals surface area contributed by atoms with E-state index in [1.807, 2.05) is 32.6 Å². The standard InChI is InChI=1S/C19H31ClN6O3/c1-13(14-7-6-8-24(14)5)28-17-22-15(20)21-16(23-17)25-9-11-26(12-10-25)18(27)29-19(2,3)4/h13-14H,6-12H2,1-5H3/t13-,14-/m0/s1. The molecule has 0 radical (unpaired) electrons. The summed E-state index contributed by atoms with van der Waals surface area (Å²) < 4.78 is 11.4. The van der Waals surface area contributed by atoms with Gasteiger partial charge < -0.3 is 19.3 Å². The topological polar surface area (TPSA) is 83.9 Å². The summed E-state index contributed by atoms with van der Waals surface area (Å²) in [6.07, 6.45) is 1.91. The number of likely N-dealkylation sites (N-methyl/N-ethyl adjacent to an activating group) is 1. The first-order valence-corrected chi connectivity index (χ1v) is 10.5. The Bertz CT molecular complexity index is 720. The Morgan fingerprint density at radius 3 is 2.41 bits per heavy atom. The molecule has 2 aliphatic rings. The van der Waals surface area contributed by atoms with Gasteiger partial charge in [-0.05, 0) is 65.7 Å². The van der Waals surface area contributed by atoms with Gasteiger partial charge in [-0.1, -0.05) is 0 Å². The lowest BCUT2D eigenvalue weighted by molar-refractivity contribution is 0.0240. The van der Waals surface area contributed by atoms with Crippen LogP contribution >= 0.6 is 11.6 Å². The highest BCUT2D eigenvalue weighted by Gasteiger charge is 2.30. The number of likely N-dealkylation sites (tertiary alicyclic amines) is 1. The second-order valence-electron chi connectivity index (χ2n) is 8.65. The third-order valence-corrected chi connectivity index (χ3v) is 5.37. The summed E-state index contributed by atoms with van der Waals surface area (Å²) in [5, 5.41) is 0.103. The molecule has 0 aromatic carbocycles. The number of aromatic nitrogens is 3. The van der Waals surface area contributed by atoms with Gasteiger partial charge in [0.25, 0.3) is 0 Å². The molecule has 0 aliphatic carbocycles. The van der Waals surface area contributed by atoms with Crippen molar-refractivity contribution in [2.24, 2.45) is 0 Å². The van der Waals surface area contributed by atoms with E-state index in [9.17, 15) is 4.79 Å². The fourth-order valence-corrected chi connectivity index (χ4v) is 3.85. The van der Waals surface area contributed by atoms with Crippen LogP contribution in [0.25, 0.3) is 0 Å². The molecule has 2 aliphatic heterocycles. The zero-order valence-electron chi connectivity index (χ0n) is 17.9. The molecular weight excluding hydrogens is 396 g/mol. The number of nitrogens with zero attached hydrogens (tertiary/aromatic N) is 6. The highest BCUT2D eigenvalue weighted by Crippen LogP contribution is 2.23. The van der Waals surface area contributed by atoms with E-state index in [0.717, 1.165) is 13.0 Å². The molecule has 0 bridgehead atoms. The minimum Gasteiger partial charge on any atom is -0.459 e. The molecule has 3 heterocycles. The molecule has 2 atom stereocenters. The van der Waals surface area contributed by atoms with Gasteiger partial charge in [-0.2, -0.15) is 15.0 Å². The Balaban J connectivity index is 1.61. The summed E-state index contributed by atoms with van der Waals surface area (Å²) in [5.41, 5.74) is -0.508. The fraction of sp³-hybridized carbons (Fsp3) is 0.789. The number of hydrogen-bond acceptors (Lipinski definition) is 8. The predicted octanol–water partition coefficient (Wildman–Crippen LogP) is 2.44. The van der Waals surface area contributed by atoms with Crippen LogP contribution in [-0.4, -0.2) is 88.4 Å². The number of rotatable bonds is 4. The molecule has 29 heavy (non-hydrogen) atoms. The molecule has 0 spiro atoms. The SMILES string of the molecule is C[C@H](Oc1nc(Cl)nc(N2CCN(C(=O)OC(C)(C)C)CC2)n1)[C@@H]1CCCN1C. The van der Waals surface area contributed by atoms with Crippen LogP contribution < -0.4 is 9.64 Å². The molecule has 2 fully saturated rings. The normalized spacial score (nSPS) is 21.9. The Kier molecular flexibility index (Phi) is 6.68. The number of anilines is 1. The van der Waals surface area contributed by atoms with E-state index in [0.29, 0.717) is 38.2 Å². The first-order valence-electron chi connectivity index (χ1n) is 10.1. The molecule has 9 nitrogen and oxygen atoms in total. The molecule has 162 valence electrons. The summed E-state index contributed by atoms with van der Waals surface area (Å²) in [6, 6.07) is 0.578. The Labute approximate surface area is 177 Å². The van der Waals surface area contributed by atoms with Crippen molar-refractivity contribution >= 4 is 23.6 Å². The van der Waals surface area contributed by atoms with E-state index >= 15 is 0 Å². The van der Waals surface area contributed by atoms with Crippen molar-refractivity contribution in [2.45, 2.75) is 58.3 Å². The monoisotopic (exact) mass is 426 g/mol. The van der Waals surface area contributed by atoms with Crippen LogP contribution in [0.1, 0.15) is 40.5 Å². The summed E-state index contributed by atoms with van der Waals surface area (Å²) in [7, 11) is 2.10. The zero-order valence-corrected chi connectivity index (χ0v) is 18.6. The van der Waals surface area contributed by atoms with Crippen LogP contribution in [0.4, 0.5) is 10.7 Å². The van der Waals surface area contributed by atoms with Gasteiger partial charge in [0, 0.05) is 32.2 Å². The molecule has 3 rings (SSSR count). The van der Waals surface area contributed by atoms with E-state index in [4.69, 9.17) is 21.1 Å². The lowest BCUT2D eigenvalue weighted by Crippen LogP contribution is -2.50.